The predicted molar refractivity (Wildman–Crippen MR) is 80.2 cm³/mol. The molecule has 0 N–H and O–H groups in total. The van der Waals surface area contributed by atoms with E-state index in [-0.39, 0.29) is 17.1 Å². The maximum atomic E-state index is 11.6. The molecule has 0 saturated carbocycles. The smallest absolute Gasteiger partial charge is 0.265 e. The molecule has 0 unspecified atom stereocenters. The molecule has 1 aromatic rings. The lowest BCUT2D eigenvalue weighted by Gasteiger charge is -2.20. The topological polar surface area (TPSA) is 52.6 Å². The van der Waals surface area contributed by atoms with E-state index in [1.807, 2.05) is 33.8 Å². The van der Waals surface area contributed by atoms with Crippen LogP contribution in [-0.4, -0.2) is 27.2 Å². The van der Waals surface area contributed by atoms with Crippen molar-refractivity contribution in [2.75, 3.05) is 13.2 Å². The van der Waals surface area contributed by atoms with Crippen molar-refractivity contribution in [3.63, 3.8) is 0 Å². The highest BCUT2D eigenvalue weighted by Gasteiger charge is 2.20. The van der Waals surface area contributed by atoms with E-state index in [2.05, 4.69) is 0 Å². The first-order valence-corrected chi connectivity index (χ1v) is 8.64. The summed E-state index contributed by atoms with van der Waals surface area (Å²) in [6.07, 6.45) is 0. The Morgan fingerprint density at radius 1 is 1.15 bits per heavy atom. The van der Waals surface area contributed by atoms with Crippen LogP contribution in [0.25, 0.3) is 0 Å². The third-order valence-electron chi connectivity index (χ3n) is 2.51. The lowest BCUT2D eigenvalue weighted by Crippen LogP contribution is -2.22. The van der Waals surface area contributed by atoms with Gasteiger partial charge in [-0.15, -0.1) is 0 Å². The lowest BCUT2D eigenvalue weighted by molar-refractivity contribution is -0.0166. The molecule has 0 spiro atoms. The Hall–Kier alpha value is -0.780. The fraction of sp³-hybridized carbons (Fsp3) is 0.571. The molecule has 0 bridgehead atoms. The van der Waals surface area contributed by atoms with E-state index in [0.717, 1.165) is 11.1 Å². The Labute approximate surface area is 125 Å². The van der Waals surface area contributed by atoms with Gasteiger partial charge in [-0.05, 0) is 51.8 Å². The van der Waals surface area contributed by atoms with Crippen molar-refractivity contribution >= 4 is 19.7 Å². The average Bonchev–Trinajstić information content (AvgIpc) is 2.23. The summed E-state index contributed by atoms with van der Waals surface area (Å²) in [7, 11) is 1.62. The van der Waals surface area contributed by atoms with Gasteiger partial charge in [0.2, 0.25) is 0 Å². The number of ether oxygens (including phenoxy) is 2. The largest absolute Gasteiger partial charge is 0.489 e. The van der Waals surface area contributed by atoms with Gasteiger partial charge in [0.15, 0.2) is 0 Å². The Morgan fingerprint density at radius 2 is 1.75 bits per heavy atom. The Balaban J connectivity index is 2.90. The first-order valence-electron chi connectivity index (χ1n) is 6.33. The van der Waals surface area contributed by atoms with Crippen LogP contribution < -0.4 is 4.74 Å². The summed E-state index contributed by atoms with van der Waals surface area (Å²) in [6.45, 7) is 10.1. The molecule has 0 radical (unpaired) electrons. The van der Waals surface area contributed by atoms with Crippen LogP contribution >= 0.6 is 10.7 Å². The van der Waals surface area contributed by atoms with Gasteiger partial charge in [-0.3, -0.25) is 0 Å². The minimum Gasteiger partial charge on any atom is -0.489 e. The summed E-state index contributed by atoms with van der Waals surface area (Å²) >= 11 is 0. The molecule has 0 fully saturated rings. The highest BCUT2D eigenvalue weighted by molar-refractivity contribution is 8.13. The second-order valence-electron chi connectivity index (χ2n) is 5.66. The molecule has 1 aromatic carbocycles. The van der Waals surface area contributed by atoms with Gasteiger partial charge in [0.1, 0.15) is 17.3 Å². The van der Waals surface area contributed by atoms with E-state index in [0.29, 0.717) is 12.4 Å². The average molecular weight is 321 g/mol. The number of benzene rings is 1. The van der Waals surface area contributed by atoms with Crippen LogP contribution in [0.4, 0.5) is 0 Å². The number of aryl methyl sites for hydroxylation is 2. The normalized spacial score (nSPS) is 12.5. The lowest BCUT2D eigenvalue weighted by atomic mass is 10.1. The number of hydrogen-bond donors (Lipinski definition) is 0. The molecule has 0 aliphatic rings. The first-order chi connectivity index (χ1) is 9.00. The highest BCUT2D eigenvalue weighted by atomic mass is 35.7. The molecular weight excluding hydrogens is 300 g/mol. The summed E-state index contributed by atoms with van der Waals surface area (Å²) < 4.78 is 34.3. The van der Waals surface area contributed by atoms with E-state index in [9.17, 15) is 8.42 Å². The van der Waals surface area contributed by atoms with Crippen molar-refractivity contribution in [2.24, 2.45) is 0 Å². The third kappa shape index (κ3) is 5.31. The number of halogens is 1. The molecule has 20 heavy (non-hydrogen) atoms. The van der Waals surface area contributed by atoms with Gasteiger partial charge < -0.3 is 9.47 Å². The van der Waals surface area contributed by atoms with E-state index < -0.39 is 9.05 Å². The van der Waals surface area contributed by atoms with E-state index >= 15 is 0 Å². The Bertz CT molecular complexity index is 574. The van der Waals surface area contributed by atoms with Gasteiger partial charge in [0, 0.05) is 10.7 Å². The Morgan fingerprint density at radius 3 is 2.25 bits per heavy atom. The zero-order valence-corrected chi connectivity index (χ0v) is 14.1. The van der Waals surface area contributed by atoms with Gasteiger partial charge in [-0.1, -0.05) is 6.07 Å². The molecule has 0 aliphatic carbocycles. The van der Waals surface area contributed by atoms with Gasteiger partial charge in [-0.25, -0.2) is 8.42 Å². The molecule has 4 nitrogen and oxygen atoms in total. The zero-order valence-electron chi connectivity index (χ0n) is 12.5. The quantitative estimate of drug-likeness (QED) is 0.616. The van der Waals surface area contributed by atoms with Gasteiger partial charge in [0.25, 0.3) is 9.05 Å². The maximum absolute atomic E-state index is 11.6. The van der Waals surface area contributed by atoms with Crippen LogP contribution in [0.5, 0.6) is 5.75 Å². The monoisotopic (exact) mass is 320 g/mol. The van der Waals surface area contributed by atoms with Gasteiger partial charge in [-0.2, -0.15) is 0 Å². The summed E-state index contributed by atoms with van der Waals surface area (Å²) in [4.78, 5) is 0.00688. The molecule has 6 heteroatoms. The maximum Gasteiger partial charge on any atom is 0.265 e. The molecule has 114 valence electrons. The molecule has 1 rings (SSSR count). The van der Waals surface area contributed by atoms with Crippen LogP contribution in [0.2, 0.25) is 0 Å². The zero-order chi connectivity index (χ0) is 15.6. The van der Waals surface area contributed by atoms with E-state index in [1.54, 1.807) is 6.92 Å². The Kier molecular flexibility index (Phi) is 5.46. The molecule has 0 heterocycles. The van der Waals surface area contributed by atoms with Crippen molar-refractivity contribution in [3.8, 4) is 5.75 Å². The minimum atomic E-state index is -3.84. The fourth-order valence-corrected chi connectivity index (χ4v) is 2.88. The van der Waals surface area contributed by atoms with Crippen LogP contribution in [0.15, 0.2) is 17.0 Å². The van der Waals surface area contributed by atoms with E-state index in [4.69, 9.17) is 20.2 Å². The second-order valence-corrected chi connectivity index (χ2v) is 8.19. The third-order valence-corrected chi connectivity index (χ3v) is 3.84. The summed E-state index contributed by atoms with van der Waals surface area (Å²) in [5.74, 6) is 0.295. The number of rotatable bonds is 5. The van der Waals surface area contributed by atoms with Crippen molar-refractivity contribution in [2.45, 2.75) is 45.1 Å². The SMILES string of the molecule is Cc1cc(C)c(OCCOC(C)(C)C)c(S(=O)(=O)Cl)c1. The van der Waals surface area contributed by atoms with Crippen LogP contribution in [0, 0.1) is 13.8 Å². The molecule has 0 amide bonds. The highest BCUT2D eigenvalue weighted by Crippen LogP contribution is 2.31. The molecule has 0 atom stereocenters. The minimum absolute atomic E-state index is 0.00688. The van der Waals surface area contributed by atoms with Crippen LogP contribution in [0.1, 0.15) is 31.9 Å². The first kappa shape index (κ1) is 17.3. The van der Waals surface area contributed by atoms with Crippen LogP contribution in [0.3, 0.4) is 0 Å². The predicted octanol–water partition coefficient (Wildman–Crippen LogP) is 3.42. The van der Waals surface area contributed by atoms with Crippen molar-refractivity contribution in [1.29, 1.82) is 0 Å². The second kappa shape index (κ2) is 6.33. The van der Waals surface area contributed by atoms with Gasteiger partial charge >= 0.3 is 0 Å². The van der Waals surface area contributed by atoms with Crippen molar-refractivity contribution < 1.29 is 17.9 Å². The molecule has 0 saturated heterocycles. The number of hydrogen-bond acceptors (Lipinski definition) is 4. The molecular formula is C14H21ClO4S. The molecule has 0 aromatic heterocycles. The fourth-order valence-electron chi connectivity index (χ4n) is 1.77. The van der Waals surface area contributed by atoms with Crippen LogP contribution in [-0.2, 0) is 13.8 Å². The molecule has 0 aliphatic heterocycles. The van der Waals surface area contributed by atoms with E-state index in [1.165, 1.54) is 6.07 Å². The summed E-state index contributed by atoms with van der Waals surface area (Å²) in [6, 6.07) is 3.36. The summed E-state index contributed by atoms with van der Waals surface area (Å²) in [5.41, 5.74) is 1.30. The summed E-state index contributed by atoms with van der Waals surface area (Å²) in [5, 5.41) is 0. The van der Waals surface area contributed by atoms with Crippen molar-refractivity contribution in [1.82, 2.24) is 0 Å². The standard InChI is InChI=1S/C14H21ClO4S/c1-10-8-11(2)13(12(9-10)20(15,16)17)18-6-7-19-14(3,4)5/h8-9H,6-7H2,1-5H3. The van der Waals surface area contributed by atoms with Crippen molar-refractivity contribution in [3.05, 3.63) is 23.3 Å². The van der Waals surface area contributed by atoms with Gasteiger partial charge in [0.05, 0.1) is 12.2 Å².